The molecule has 142 valence electrons. The van der Waals surface area contributed by atoms with Gasteiger partial charge in [-0.25, -0.2) is 4.79 Å². The van der Waals surface area contributed by atoms with Crippen LogP contribution in [0.15, 0.2) is 45.6 Å². The van der Waals surface area contributed by atoms with Gasteiger partial charge < -0.3 is 14.1 Å². The second-order valence-corrected chi connectivity index (χ2v) is 7.91. The lowest BCUT2D eigenvalue weighted by atomic mass is 9.77. The van der Waals surface area contributed by atoms with Gasteiger partial charge in [-0.2, -0.15) is 0 Å². The molecule has 1 aliphatic carbocycles. The molecule has 0 unspecified atom stereocenters. The second kappa shape index (κ2) is 7.04. The van der Waals surface area contributed by atoms with E-state index in [1.165, 1.54) is 6.07 Å². The monoisotopic (exact) mass is 387 g/mol. The molecule has 2 fully saturated rings. The number of aryl methyl sites for hydroxylation is 1. The number of hydrogen-bond donors (Lipinski definition) is 0. The van der Waals surface area contributed by atoms with E-state index in [1.54, 1.807) is 13.0 Å². The Labute approximate surface area is 162 Å². The highest BCUT2D eigenvalue weighted by Crippen LogP contribution is 2.43. The lowest BCUT2D eigenvalue weighted by Gasteiger charge is -2.44. The molecule has 4 rings (SSSR count). The van der Waals surface area contributed by atoms with Crippen LogP contribution in [0.5, 0.6) is 5.75 Å². The molecule has 1 aromatic heterocycles. The molecule has 6 heteroatoms. The Morgan fingerprint density at radius 2 is 1.85 bits per heavy atom. The van der Waals surface area contributed by atoms with Gasteiger partial charge in [-0.05, 0) is 37.5 Å². The number of likely N-dealkylation sites (tertiary alicyclic amines) is 1. The third kappa shape index (κ3) is 3.48. The highest BCUT2D eigenvalue weighted by atomic mass is 35.5. The topological polar surface area (TPSA) is 59.8 Å². The van der Waals surface area contributed by atoms with Crippen LogP contribution in [-0.2, 0) is 10.2 Å². The van der Waals surface area contributed by atoms with Gasteiger partial charge in [0.2, 0.25) is 5.91 Å². The van der Waals surface area contributed by atoms with Crippen LogP contribution in [0, 0.1) is 6.92 Å². The number of ether oxygens (including phenoxy) is 1. The molecule has 1 saturated carbocycles. The summed E-state index contributed by atoms with van der Waals surface area (Å²) < 4.78 is 10.8. The van der Waals surface area contributed by atoms with E-state index in [9.17, 15) is 9.59 Å². The van der Waals surface area contributed by atoms with Gasteiger partial charge in [0.1, 0.15) is 17.6 Å². The molecule has 0 radical (unpaired) electrons. The van der Waals surface area contributed by atoms with E-state index in [1.807, 2.05) is 29.2 Å². The summed E-state index contributed by atoms with van der Waals surface area (Å²) in [5.74, 6) is 1.18. The first-order valence-corrected chi connectivity index (χ1v) is 9.68. The lowest BCUT2D eigenvalue weighted by Crippen LogP contribution is -2.60. The van der Waals surface area contributed by atoms with E-state index in [0.717, 1.165) is 31.2 Å². The van der Waals surface area contributed by atoms with Crippen LogP contribution in [-0.4, -0.2) is 30.0 Å². The van der Waals surface area contributed by atoms with Gasteiger partial charge in [0, 0.05) is 11.1 Å². The van der Waals surface area contributed by atoms with Crippen molar-refractivity contribution in [2.45, 2.75) is 44.1 Å². The van der Waals surface area contributed by atoms with Crippen molar-refractivity contribution in [2.24, 2.45) is 0 Å². The minimum absolute atomic E-state index is 0.0983. The van der Waals surface area contributed by atoms with Crippen molar-refractivity contribution in [1.82, 2.24) is 4.90 Å². The highest BCUT2D eigenvalue weighted by Gasteiger charge is 2.48. The Balaban J connectivity index is 1.45. The molecule has 27 heavy (non-hydrogen) atoms. The van der Waals surface area contributed by atoms with Gasteiger partial charge in [-0.15, -0.1) is 0 Å². The number of benzene rings is 1. The summed E-state index contributed by atoms with van der Waals surface area (Å²) in [7, 11) is 0. The molecule has 1 aromatic carbocycles. The zero-order chi connectivity index (χ0) is 19.0. The standard InChI is InChI=1S/C21H22ClNO4/c1-14-10-17(11-19(24)26-14)27-18-12-23(13-18)20(25)21(8-2-3-9-21)15-4-6-16(22)7-5-15/h4-7,10-11,18H,2-3,8-9,12-13H2,1H3. The fourth-order valence-corrected chi connectivity index (χ4v) is 4.32. The van der Waals surface area contributed by atoms with E-state index in [0.29, 0.717) is 29.6 Å². The van der Waals surface area contributed by atoms with Crippen LogP contribution in [0.1, 0.15) is 37.0 Å². The second-order valence-electron chi connectivity index (χ2n) is 7.47. The summed E-state index contributed by atoms with van der Waals surface area (Å²) in [6, 6.07) is 10.7. The first kappa shape index (κ1) is 18.1. The molecule has 1 aliphatic heterocycles. The van der Waals surface area contributed by atoms with Crippen molar-refractivity contribution in [1.29, 1.82) is 0 Å². The molecule has 2 aliphatic rings. The largest absolute Gasteiger partial charge is 0.486 e. The normalized spacial score (nSPS) is 19.0. The average molecular weight is 388 g/mol. The van der Waals surface area contributed by atoms with E-state index in [4.69, 9.17) is 20.8 Å². The zero-order valence-electron chi connectivity index (χ0n) is 15.2. The number of rotatable bonds is 4. The van der Waals surface area contributed by atoms with E-state index in [2.05, 4.69) is 0 Å². The van der Waals surface area contributed by atoms with Crippen molar-refractivity contribution < 1.29 is 13.9 Å². The Kier molecular flexibility index (Phi) is 4.72. The third-order valence-corrected chi connectivity index (χ3v) is 5.82. The summed E-state index contributed by atoms with van der Waals surface area (Å²) >= 11 is 6.02. The van der Waals surface area contributed by atoms with Crippen molar-refractivity contribution in [3.05, 3.63) is 63.2 Å². The average Bonchev–Trinajstić information content (AvgIpc) is 3.08. The summed E-state index contributed by atoms with van der Waals surface area (Å²) in [4.78, 5) is 26.6. The molecule has 2 aromatic rings. The molecule has 1 saturated heterocycles. The first-order chi connectivity index (χ1) is 13.0. The Hall–Kier alpha value is -2.27. The smallest absolute Gasteiger partial charge is 0.339 e. The van der Waals surface area contributed by atoms with Crippen molar-refractivity contribution >= 4 is 17.5 Å². The van der Waals surface area contributed by atoms with Gasteiger partial charge in [-0.1, -0.05) is 36.6 Å². The number of hydrogen-bond acceptors (Lipinski definition) is 4. The predicted molar refractivity (Wildman–Crippen MR) is 102 cm³/mol. The fraction of sp³-hybridized carbons (Fsp3) is 0.429. The fourth-order valence-electron chi connectivity index (χ4n) is 4.19. The van der Waals surface area contributed by atoms with E-state index < -0.39 is 11.0 Å². The van der Waals surface area contributed by atoms with Gasteiger partial charge in [0.05, 0.1) is 24.6 Å². The molecule has 0 spiro atoms. The van der Waals surface area contributed by atoms with E-state index in [-0.39, 0.29) is 12.0 Å². The molecular weight excluding hydrogens is 366 g/mol. The predicted octanol–water partition coefficient (Wildman–Crippen LogP) is 3.70. The first-order valence-electron chi connectivity index (χ1n) is 9.30. The summed E-state index contributed by atoms with van der Waals surface area (Å²) in [5.41, 5.74) is 0.180. The molecule has 2 heterocycles. The molecular formula is C21H22ClNO4. The summed E-state index contributed by atoms with van der Waals surface area (Å²) in [6.45, 7) is 2.78. The minimum Gasteiger partial charge on any atom is -0.486 e. The van der Waals surface area contributed by atoms with Crippen molar-refractivity contribution in [3.8, 4) is 5.75 Å². The SMILES string of the molecule is Cc1cc(OC2CN(C(=O)C3(c4ccc(Cl)cc4)CCCC3)C2)cc(=O)o1. The van der Waals surface area contributed by atoms with Crippen molar-refractivity contribution in [3.63, 3.8) is 0 Å². The molecule has 0 atom stereocenters. The van der Waals surface area contributed by atoms with Crippen LogP contribution in [0.4, 0.5) is 0 Å². The van der Waals surface area contributed by atoms with E-state index >= 15 is 0 Å². The zero-order valence-corrected chi connectivity index (χ0v) is 16.0. The highest BCUT2D eigenvalue weighted by molar-refractivity contribution is 6.30. The number of carbonyl (C=O) groups excluding carboxylic acids is 1. The molecule has 0 N–H and O–H groups in total. The lowest BCUT2D eigenvalue weighted by molar-refractivity contribution is -0.146. The van der Waals surface area contributed by atoms with Gasteiger partial charge in [0.15, 0.2) is 0 Å². The molecule has 0 bridgehead atoms. The van der Waals surface area contributed by atoms with Crippen molar-refractivity contribution in [2.75, 3.05) is 13.1 Å². The van der Waals surface area contributed by atoms with Gasteiger partial charge in [0.25, 0.3) is 0 Å². The number of nitrogens with zero attached hydrogens (tertiary/aromatic N) is 1. The van der Waals surface area contributed by atoms with Crippen LogP contribution in [0.3, 0.4) is 0 Å². The summed E-state index contributed by atoms with van der Waals surface area (Å²) in [6.07, 6.45) is 3.75. The van der Waals surface area contributed by atoms with Gasteiger partial charge in [-0.3, -0.25) is 4.79 Å². The maximum Gasteiger partial charge on any atom is 0.339 e. The Bertz CT molecular complexity index is 893. The number of halogens is 1. The summed E-state index contributed by atoms with van der Waals surface area (Å²) in [5, 5.41) is 0.680. The maximum atomic E-state index is 13.3. The van der Waals surface area contributed by atoms with Crippen LogP contribution < -0.4 is 10.4 Å². The Morgan fingerprint density at radius 1 is 1.19 bits per heavy atom. The van der Waals surface area contributed by atoms with Crippen LogP contribution in [0.25, 0.3) is 0 Å². The molecule has 5 nitrogen and oxygen atoms in total. The third-order valence-electron chi connectivity index (χ3n) is 5.57. The quantitative estimate of drug-likeness (QED) is 0.802. The molecule has 1 amide bonds. The number of carbonyl (C=O) groups is 1. The Morgan fingerprint density at radius 3 is 2.48 bits per heavy atom. The minimum atomic E-state index is -0.444. The maximum absolute atomic E-state index is 13.3. The number of amides is 1. The van der Waals surface area contributed by atoms with Crippen LogP contribution in [0.2, 0.25) is 5.02 Å². The van der Waals surface area contributed by atoms with Crippen LogP contribution >= 0.6 is 11.6 Å². The van der Waals surface area contributed by atoms with Gasteiger partial charge >= 0.3 is 5.63 Å².